The number of Topliss-reactive ketones (excluding diaryl/α,β-unsaturated/α-hetero) is 1. The van der Waals surface area contributed by atoms with Crippen LogP contribution in [0.5, 0.6) is 11.5 Å². The lowest BCUT2D eigenvalue weighted by molar-refractivity contribution is -0.614. The SMILES string of the molecule is CC(=O)c1c(OCCc2cccc[n+]2[O-])c(OCCC(C)c2ccc(F)cc2)c2oc(C)nc2c1C. The second kappa shape index (κ2) is 10.8. The van der Waals surface area contributed by atoms with Crippen LogP contribution in [-0.2, 0) is 6.42 Å². The van der Waals surface area contributed by atoms with E-state index in [4.69, 9.17) is 13.9 Å². The summed E-state index contributed by atoms with van der Waals surface area (Å²) in [5.41, 5.74) is 3.53. The maximum Gasteiger partial charge on any atom is 0.207 e. The molecule has 8 heteroatoms. The molecule has 0 aliphatic rings. The quantitative estimate of drug-likeness (QED) is 0.162. The Balaban J connectivity index is 1.63. The zero-order valence-electron chi connectivity index (χ0n) is 20.8. The molecule has 0 aliphatic heterocycles. The van der Waals surface area contributed by atoms with E-state index in [0.29, 0.717) is 59.0 Å². The van der Waals surface area contributed by atoms with Gasteiger partial charge in [0, 0.05) is 19.1 Å². The molecule has 0 bridgehead atoms. The van der Waals surface area contributed by atoms with Crippen molar-refractivity contribution in [2.45, 2.75) is 46.5 Å². The number of hydrogen-bond acceptors (Lipinski definition) is 6. The third-order valence-corrected chi connectivity index (χ3v) is 6.20. The van der Waals surface area contributed by atoms with E-state index in [1.807, 2.05) is 6.92 Å². The molecule has 1 atom stereocenters. The van der Waals surface area contributed by atoms with Crippen LogP contribution in [0.25, 0.3) is 11.1 Å². The zero-order valence-corrected chi connectivity index (χ0v) is 20.8. The van der Waals surface area contributed by atoms with Crippen LogP contribution in [0.15, 0.2) is 53.1 Å². The number of fused-ring (bicyclic) bond motifs is 1. The summed E-state index contributed by atoms with van der Waals surface area (Å²) in [6.07, 6.45) is 2.42. The second-order valence-electron chi connectivity index (χ2n) is 8.83. The second-order valence-corrected chi connectivity index (χ2v) is 8.83. The molecular weight excluding hydrogens is 463 g/mol. The zero-order chi connectivity index (χ0) is 25.8. The number of aryl methyl sites for hydroxylation is 2. The number of ketones is 1. The van der Waals surface area contributed by atoms with Crippen molar-refractivity contribution in [1.82, 2.24) is 4.98 Å². The molecule has 0 saturated heterocycles. The van der Waals surface area contributed by atoms with E-state index in [1.54, 1.807) is 44.2 Å². The summed E-state index contributed by atoms with van der Waals surface area (Å²) in [5, 5.41) is 12.0. The first-order valence-corrected chi connectivity index (χ1v) is 11.9. The highest BCUT2D eigenvalue weighted by Gasteiger charge is 2.27. The van der Waals surface area contributed by atoms with Crippen LogP contribution in [0.3, 0.4) is 0 Å². The number of oxazole rings is 1. The fourth-order valence-electron chi connectivity index (χ4n) is 4.24. The molecule has 0 radical (unpaired) electrons. The molecule has 0 N–H and O–H groups in total. The first-order chi connectivity index (χ1) is 17.3. The standard InChI is InChI=1S/C28H29FN2O5/c1-17(21-8-10-22(29)11-9-21)12-15-35-28-26(34-16-13-23-7-5-6-14-31(23)33)24(19(3)32)18(2)25-27(28)36-20(4)30-25/h5-11,14,17H,12-13,15-16H2,1-4H3. The largest absolute Gasteiger partial charge is 0.619 e. The van der Waals surface area contributed by atoms with E-state index in [-0.39, 0.29) is 29.9 Å². The van der Waals surface area contributed by atoms with Gasteiger partial charge in [-0.05, 0) is 49.4 Å². The predicted octanol–water partition coefficient (Wildman–Crippen LogP) is 5.61. The maximum absolute atomic E-state index is 13.3. The van der Waals surface area contributed by atoms with Crippen LogP contribution >= 0.6 is 0 Å². The highest BCUT2D eigenvalue weighted by molar-refractivity contribution is 6.05. The summed E-state index contributed by atoms with van der Waals surface area (Å²) in [4.78, 5) is 17.2. The number of ether oxygens (including phenoxy) is 2. The van der Waals surface area contributed by atoms with E-state index in [9.17, 15) is 14.4 Å². The van der Waals surface area contributed by atoms with Crippen LogP contribution in [0, 0.1) is 24.9 Å². The van der Waals surface area contributed by atoms with Gasteiger partial charge in [-0.25, -0.2) is 9.37 Å². The Kier molecular flexibility index (Phi) is 7.52. The maximum atomic E-state index is 13.3. The predicted molar refractivity (Wildman–Crippen MR) is 133 cm³/mol. The first-order valence-electron chi connectivity index (χ1n) is 11.9. The molecule has 2 aromatic heterocycles. The number of hydrogen-bond donors (Lipinski definition) is 0. The minimum absolute atomic E-state index is 0.116. The smallest absolute Gasteiger partial charge is 0.207 e. The van der Waals surface area contributed by atoms with Gasteiger partial charge < -0.3 is 19.1 Å². The molecule has 0 amide bonds. The van der Waals surface area contributed by atoms with Gasteiger partial charge in [-0.15, -0.1) is 0 Å². The topological polar surface area (TPSA) is 88.5 Å². The Bertz CT molecular complexity index is 1380. The summed E-state index contributed by atoms with van der Waals surface area (Å²) >= 11 is 0. The summed E-state index contributed by atoms with van der Waals surface area (Å²) < 4.78 is 32.3. The lowest BCUT2D eigenvalue weighted by Crippen LogP contribution is -2.31. The molecule has 2 heterocycles. The van der Waals surface area contributed by atoms with Crippen molar-refractivity contribution in [1.29, 1.82) is 0 Å². The number of benzene rings is 2. The number of nitrogens with zero attached hydrogens (tertiary/aromatic N) is 2. The summed E-state index contributed by atoms with van der Waals surface area (Å²) in [7, 11) is 0. The molecule has 4 aromatic rings. The van der Waals surface area contributed by atoms with Gasteiger partial charge >= 0.3 is 0 Å². The molecule has 0 spiro atoms. The Labute approximate surface area is 209 Å². The molecule has 4 rings (SSSR count). The van der Waals surface area contributed by atoms with Gasteiger partial charge in [0.25, 0.3) is 0 Å². The lowest BCUT2D eigenvalue weighted by Gasteiger charge is -2.18. The Hall–Kier alpha value is -3.94. The third-order valence-electron chi connectivity index (χ3n) is 6.20. The number of aromatic nitrogens is 2. The molecule has 0 aliphatic carbocycles. The summed E-state index contributed by atoms with van der Waals surface area (Å²) in [5.74, 6) is 0.697. The van der Waals surface area contributed by atoms with Crippen LogP contribution in [0.1, 0.15) is 59.3 Å². The Morgan fingerprint density at radius 1 is 1.11 bits per heavy atom. The minimum Gasteiger partial charge on any atom is -0.619 e. The van der Waals surface area contributed by atoms with Crippen molar-refractivity contribution >= 4 is 16.9 Å². The van der Waals surface area contributed by atoms with Crippen molar-refractivity contribution in [3.05, 3.63) is 88.0 Å². The van der Waals surface area contributed by atoms with Crippen LogP contribution < -0.4 is 14.2 Å². The van der Waals surface area contributed by atoms with Gasteiger partial charge in [-0.1, -0.05) is 25.1 Å². The van der Waals surface area contributed by atoms with E-state index in [0.717, 1.165) is 10.3 Å². The average molecular weight is 493 g/mol. The van der Waals surface area contributed by atoms with E-state index in [1.165, 1.54) is 25.3 Å². The highest BCUT2D eigenvalue weighted by Crippen LogP contribution is 2.43. The number of pyridine rings is 1. The van der Waals surface area contributed by atoms with Gasteiger partial charge in [-0.2, -0.15) is 4.73 Å². The van der Waals surface area contributed by atoms with Gasteiger partial charge in [0.05, 0.1) is 25.2 Å². The molecule has 36 heavy (non-hydrogen) atoms. The fourth-order valence-corrected chi connectivity index (χ4v) is 4.24. The monoisotopic (exact) mass is 492 g/mol. The molecule has 0 saturated carbocycles. The molecule has 1 unspecified atom stereocenters. The van der Waals surface area contributed by atoms with Crippen molar-refractivity contribution in [2.75, 3.05) is 13.2 Å². The molecular formula is C28H29FN2O5. The van der Waals surface area contributed by atoms with Gasteiger partial charge in [-0.3, -0.25) is 4.79 Å². The molecule has 7 nitrogen and oxygen atoms in total. The van der Waals surface area contributed by atoms with Crippen LogP contribution in [0.4, 0.5) is 4.39 Å². The number of carbonyl (C=O) groups is 1. The number of carbonyl (C=O) groups excluding carboxylic acids is 1. The van der Waals surface area contributed by atoms with Gasteiger partial charge in [0.1, 0.15) is 11.3 Å². The number of rotatable bonds is 10. The number of halogens is 1. The fraction of sp³-hybridized carbons (Fsp3) is 0.321. The molecule has 188 valence electrons. The molecule has 0 fully saturated rings. The Morgan fingerprint density at radius 2 is 1.83 bits per heavy atom. The molecule has 2 aromatic carbocycles. The van der Waals surface area contributed by atoms with Crippen molar-refractivity contribution in [3.8, 4) is 11.5 Å². The first kappa shape index (κ1) is 25.2. The third kappa shape index (κ3) is 5.32. The lowest BCUT2D eigenvalue weighted by atomic mass is 9.98. The summed E-state index contributed by atoms with van der Waals surface area (Å²) in [6, 6.07) is 11.6. The normalized spacial score (nSPS) is 12.0. The van der Waals surface area contributed by atoms with Crippen molar-refractivity contribution < 1.29 is 27.8 Å². The summed E-state index contributed by atoms with van der Waals surface area (Å²) in [6.45, 7) is 7.51. The van der Waals surface area contributed by atoms with Crippen molar-refractivity contribution in [3.63, 3.8) is 0 Å². The minimum atomic E-state index is -0.276. The van der Waals surface area contributed by atoms with Gasteiger partial charge in [0.15, 0.2) is 29.3 Å². The van der Waals surface area contributed by atoms with Crippen LogP contribution in [0.2, 0.25) is 0 Å². The average Bonchev–Trinajstić information content (AvgIpc) is 3.24. The van der Waals surface area contributed by atoms with E-state index >= 15 is 0 Å². The van der Waals surface area contributed by atoms with E-state index in [2.05, 4.69) is 4.98 Å². The van der Waals surface area contributed by atoms with Crippen molar-refractivity contribution in [2.24, 2.45) is 0 Å². The van der Waals surface area contributed by atoms with Gasteiger partial charge in [0.2, 0.25) is 11.3 Å². The Morgan fingerprint density at radius 3 is 2.53 bits per heavy atom. The van der Waals surface area contributed by atoms with E-state index < -0.39 is 0 Å². The highest BCUT2D eigenvalue weighted by atomic mass is 19.1. The van der Waals surface area contributed by atoms with Crippen LogP contribution in [-0.4, -0.2) is 24.0 Å².